The maximum atomic E-state index is 9.13. The molecule has 2 heterocycles. The highest BCUT2D eigenvalue weighted by Gasteiger charge is 2.18. The third-order valence-corrected chi connectivity index (χ3v) is 1.53. The molecule has 0 aliphatic carbocycles. The number of hydrogen-bond acceptors (Lipinski definition) is 5. The van der Waals surface area contributed by atoms with Gasteiger partial charge in [-0.25, -0.2) is 10.9 Å². The van der Waals surface area contributed by atoms with Gasteiger partial charge in [-0.05, 0) is 6.08 Å². The molecule has 0 aromatic heterocycles. The van der Waals surface area contributed by atoms with Crippen molar-refractivity contribution < 1.29 is 5.21 Å². The van der Waals surface area contributed by atoms with E-state index < -0.39 is 0 Å². The van der Waals surface area contributed by atoms with Crippen molar-refractivity contribution >= 4 is 0 Å². The Labute approximate surface area is 63.8 Å². The third-order valence-electron chi connectivity index (χ3n) is 1.53. The second kappa shape index (κ2) is 2.01. The number of allylic oxidation sites excluding steroid dienone is 1. The molecule has 5 heteroatoms. The van der Waals surface area contributed by atoms with Gasteiger partial charge in [0.15, 0.2) is 0 Å². The molecule has 2 rings (SSSR count). The van der Waals surface area contributed by atoms with E-state index in [0.717, 1.165) is 10.9 Å². The fourth-order valence-corrected chi connectivity index (χ4v) is 1.00. The van der Waals surface area contributed by atoms with Crippen LogP contribution < -0.4 is 5.84 Å². The smallest absolute Gasteiger partial charge is 0.0843 e. The number of rotatable bonds is 0. The Hall–Kier alpha value is -1.46. The third kappa shape index (κ3) is 0.866. The van der Waals surface area contributed by atoms with E-state index in [2.05, 4.69) is 0 Å². The van der Waals surface area contributed by atoms with Gasteiger partial charge in [0.25, 0.3) is 0 Å². The highest BCUT2D eigenvalue weighted by Crippen LogP contribution is 2.20. The number of hydroxylamine groups is 1. The van der Waals surface area contributed by atoms with Crippen LogP contribution in [-0.2, 0) is 0 Å². The molecule has 3 N–H and O–H groups in total. The molecule has 0 radical (unpaired) electrons. The molecule has 0 spiro atoms. The maximum absolute atomic E-state index is 9.13. The molecular formula is C6H8N4O. The van der Waals surface area contributed by atoms with Crippen molar-refractivity contribution in [3.63, 3.8) is 0 Å². The van der Waals surface area contributed by atoms with Crippen molar-refractivity contribution in [3.8, 4) is 0 Å². The standard InChI is InChI=1S/C6H8N4O/c7-8-3-4-9-6(5-8)1-2-10(9)11/h1-5,11H,7H2. The predicted molar refractivity (Wildman–Crippen MR) is 37.9 cm³/mol. The Balaban J connectivity index is 2.29. The van der Waals surface area contributed by atoms with Gasteiger partial charge >= 0.3 is 0 Å². The predicted octanol–water partition coefficient (Wildman–Crippen LogP) is -0.0762. The average Bonchev–Trinajstić information content (AvgIpc) is 2.32. The normalized spacial score (nSPS) is 20.9. The van der Waals surface area contributed by atoms with E-state index in [-0.39, 0.29) is 0 Å². The van der Waals surface area contributed by atoms with Crippen molar-refractivity contribution in [2.24, 2.45) is 5.84 Å². The summed E-state index contributed by atoms with van der Waals surface area (Å²) in [6.07, 6.45) is 8.29. The second-order valence-electron chi connectivity index (χ2n) is 2.28. The molecule has 2 aliphatic heterocycles. The van der Waals surface area contributed by atoms with E-state index in [0.29, 0.717) is 0 Å². The van der Waals surface area contributed by atoms with Crippen molar-refractivity contribution in [2.45, 2.75) is 0 Å². The largest absolute Gasteiger partial charge is 0.290 e. The number of hydrazine groups is 2. The van der Waals surface area contributed by atoms with Gasteiger partial charge in [0.05, 0.1) is 11.9 Å². The van der Waals surface area contributed by atoms with Crippen molar-refractivity contribution in [1.29, 1.82) is 0 Å². The second-order valence-corrected chi connectivity index (χ2v) is 2.28. The molecule has 0 fully saturated rings. The Bertz CT molecular complexity index is 257. The molecule has 0 amide bonds. The van der Waals surface area contributed by atoms with Crippen LogP contribution in [0.2, 0.25) is 0 Å². The summed E-state index contributed by atoms with van der Waals surface area (Å²) < 4.78 is 0. The molecule has 0 aromatic rings. The van der Waals surface area contributed by atoms with Crippen LogP contribution in [0, 0.1) is 0 Å². The van der Waals surface area contributed by atoms with Gasteiger partial charge in [0.1, 0.15) is 0 Å². The lowest BCUT2D eigenvalue weighted by Crippen LogP contribution is -2.32. The topological polar surface area (TPSA) is 56.0 Å². The minimum atomic E-state index is 0.831. The van der Waals surface area contributed by atoms with Crippen LogP contribution in [0.5, 0.6) is 0 Å². The van der Waals surface area contributed by atoms with Crippen LogP contribution in [0.25, 0.3) is 0 Å². The van der Waals surface area contributed by atoms with E-state index in [1.807, 2.05) is 0 Å². The van der Waals surface area contributed by atoms with Crippen molar-refractivity contribution in [2.75, 3.05) is 0 Å². The van der Waals surface area contributed by atoms with Gasteiger partial charge in [-0.1, -0.05) is 0 Å². The SMILES string of the molecule is NN1C=CN2C(=C1)C=CN2O. The first-order valence-corrected chi connectivity index (χ1v) is 3.16. The summed E-state index contributed by atoms with van der Waals surface area (Å²) in [5.41, 5.74) is 0.831. The zero-order valence-corrected chi connectivity index (χ0v) is 5.75. The fraction of sp³-hybridized carbons (Fsp3) is 0. The first-order valence-electron chi connectivity index (χ1n) is 3.16. The minimum Gasteiger partial charge on any atom is -0.290 e. The lowest BCUT2D eigenvalue weighted by Gasteiger charge is -2.26. The highest BCUT2D eigenvalue weighted by atomic mass is 16.5. The first-order chi connectivity index (χ1) is 5.27. The van der Waals surface area contributed by atoms with Crippen molar-refractivity contribution in [1.82, 2.24) is 15.2 Å². The minimum absolute atomic E-state index is 0.831. The summed E-state index contributed by atoms with van der Waals surface area (Å²) in [7, 11) is 0. The van der Waals surface area contributed by atoms with Gasteiger partial charge in [0, 0.05) is 18.6 Å². The van der Waals surface area contributed by atoms with Crippen LogP contribution in [0.15, 0.2) is 36.6 Å². The Kier molecular flexibility index (Phi) is 1.14. The fourth-order valence-electron chi connectivity index (χ4n) is 1.00. The van der Waals surface area contributed by atoms with Crippen LogP contribution in [0.1, 0.15) is 0 Å². The Morgan fingerprint density at radius 1 is 1.27 bits per heavy atom. The van der Waals surface area contributed by atoms with Gasteiger partial charge in [-0.3, -0.25) is 10.2 Å². The van der Waals surface area contributed by atoms with E-state index in [1.54, 1.807) is 29.7 Å². The molecule has 5 nitrogen and oxygen atoms in total. The molecule has 0 unspecified atom stereocenters. The van der Waals surface area contributed by atoms with E-state index in [9.17, 15) is 0 Å². The van der Waals surface area contributed by atoms with Crippen LogP contribution in [-0.4, -0.2) is 20.4 Å². The van der Waals surface area contributed by atoms with Gasteiger partial charge in [-0.15, -0.1) is 0 Å². The zero-order chi connectivity index (χ0) is 7.84. The van der Waals surface area contributed by atoms with E-state index >= 15 is 0 Å². The lowest BCUT2D eigenvalue weighted by atomic mass is 10.4. The monoisotopic (exact) mass is 152 g/mol. The molecule has 0 atom stereocenters. The number of hydrogen-bond donors (Lipinski definition) is 2. The highest BCUT2D eigenvalue weighted by molar-refractivity contribution is 5.25. The molecule has 11 heavy (non-hydrogen) atoms. The summed E-state index contributed by atoms with van der Waals surface area (Å²) in [6, 6.07) is 0. The summed E-state index contributed by atoms with van der Waals surface area (Å²) in [6.45, 7) is 0. The molecular weight excluding hydrogens is 144 g/mol. The van der Waals surface area contributed by atoms with E-state index in [1.165, 1.54) is 11.2 Å². The van der Waals surface area contributed by atoms with Gasteiger partial charge in [0.2, 0.25) is 0 Å². The van der Waals surface area contributed by atoms with Crippen LogP contribution in [0.3, 0.4) is 0 Å². The number of nitrogens with zero attached hydrogens (tertiary/aromatic N) is 3. The molecule has 0 saturated heterocycles. The molecule has 0 saturated carbocycles. The number of nitrogens with two attached hydrogens (primary N) is 1. The van der Waals surface area contributed by atoms with Crippen LogP contribution >= 0.6 is 0 Å². The van der Waals surface area contributed by atoms with Gasteiger partial charge < -0.3 is 0 Å². The first kappa shape index (κ1) is 6.26. The van der Waals surface area contributed by atoms with Crippen LogP contribution in [0.4, 0.5) is 0 Å². The van der Waals surface area contributed by atoms with E-state index in [4.69, 9.17) is 11.0 Å². The van der Waals surface area contributed by atoms with Gasteiger partial charge in [-0.2, -0.15) is 5.17 Å². The molecule has 58 valence electrons. The number of fused-ring (bicyclic) bond motifs is 1. The Morgan fingerprint density at radius 3 is 2.91 bits per heavy atom. The molecule has 2 aliphatic rings. The maximum Gasteiger partial charge on any atom is 0.0843 e. The zero-order valence-electron chi connectivity index (χ0n) is 5.75. The molecule has 0 bridgehead atoms. The Morgan fingerprint density at radius 2 is 2.09 bits per heavy atom. The molecule has 0 aromatic carbocycles. The summed E-state index contributed by atoms with van der Waals surface area (Å²) in [5, 5.41) is 13.1. The van der Waals surface area contributed by atoms with Crippen molar-refractivity contribution in [3.05, 3.63) is 36.6 Å². The quantitative estimate of drug-likeness (QED) is 0.475. The lowest BCUT2D eigenvalue weighted by molar-refractivity contribution is -0.157. The summed E-state index contributed by atoms with van der Waals surface area (Å²) in [4.78, 5) is 0. The average molecular weight is 152 g/mol. The summed E-state index contributed by atoms with van der Waals surface area (Å²) in [5.74, 6) is 5.45. The summed E-state index contributed by atoms with van der Waals surface area (Å²) >= 11 is 0.